The smallest absolute Gasteiger partial charge is 0.191 e. The molecule has 0 aliphatic heterocycles. The lowest BCUT2D eigenvalue weighted by Gasteiger charge is -2.32. The van der Waals surface area contributed by atoms with E-state index in [1.54, 1.807) is 11.3 Å². The van der Waals surface area contributed by atoms with Gasteiger partial charge in [0.2, 0.25) is 0 Å². The minimum absolute atomic E-state index is 0. The van der Waals surface area contributed by atoms with Gasteiger partial charge in [-0.15, -0.1) is 35.3 Å². The summed E-state index contributed by atoms with van der Waals surface area (Å²) in [5, 5.41) is 18.0. The number of guanidine groups is 1. The van der Waals surface area contributed by atoms with Crippen molar-refractivity contribution in [1.29, 1.82) is 0 Å². The van der Waals surface area contributed by atoms with Crippen LogP contribution in [0.2, 0.25) is 0 Å². The van der Waals surface area contributed by atoms with Crippen LogP contribution in [0.15, 0.2) is 11.2 Å². The topological polar surface area (TPSA) is 69.5 Å². The van der Waals surface area contributed by atoms with Crippen LogP contribution in [0.5, 0.6) is 0 Å². The molecule has 0 spiro atoms. The van der Waals surface area contributed by atoms with Gasteiger partial charge >= 0.3 is 0 Å². The molecule has 1 heterocycles. The Morgan fingerprint density at radius 3 is 2.68 bits per heavy atom. The average Bonchev–Trinajstić information content (AvgIpc) is 2.88. The molecule has 5 nitrogen and oxygen atoms in total. The molecule has 2 rings (SSSR count). The number of hydrogen-bond acceptors (Lipinski definition) is 4. The minimum Gasteiger partial charge on any atom is -0.388 e. The summed E-state index contributed by atoms with van der Waals surface area (Å²) >= 11 is 1.67. The van der Waals surface area contributed by atoms with Crippen molar-refractivity contribution in [1.82, 2.24) is 15.6 Å². The first-order valence-electron chi connectivity index (χ1n) is 7.77. The van der Waals surface area contributed by atoms with E-state index in [4.69, 9.17) is 0 Å². The quantitative estimate of drug-likeness (QED) is 0.376. The predicted octanol–water partition coefficient (Wildman–Crippen LogP) is 2.82. The summed E-state index contributed by atoms with van der Waals surface area (Å²) in [6, 6.07) is 0. The van der Waals surface area contributed by atoms with E-state index in [9.17, 15) is 5.11 Å². The fourth-order valence-corrected chi connectivity index (χ4v) is 3.31. The maximum absolute atomic E-state index is 10.5. The van der Waals surface area contributed by atoms with Crippen molar-refractivity contribution in [3.05, 3.63) is 16.1 Å². The molecule has 0 aromatic carbocycles. The van der Waals surface area contributed by atoms with Crippen molar-refractivity contribution in [2.24, 2.45) is 4.99 Å². The molecule has 1 fully saturated rings. The van der Waals surface area contributed by atoms with Crippen LogP contribution in [-0.4, -0.2) is 34.7 Å². The van der Waals surface area contributed by atoms with Gasteiger partial charge in [-0.1, -0.05) is 19.3 Å². The van der Waals surface area contributed by atoms with Gasteiger partial charge in [0.1, 0.15) is 5.01 Å². The van der Waals surface area contributed by atoms with Crippen LogP contribution in [0.4, 0.5) is 0 Å². The van der Waals surface area contributed by atoms with E-state index in [1.807, 2.05) is 20.0 Å². The second-order valence-electron chi connectivity index (χ2n) is 5.70. The summed E-state index contributed by atoms with van der Waals surface area (Å²) in [4.78, 5) is 10.1. The number of nitrogens with one attached hydrogen (secondary N) is 2. The van der Waals surface area contributed by atoms with Gasteiger partial charge in [-0.2, -0.15) is 0 Å². The van der Waals surface area contributed by atoms with Gasteiger partial charge in [-0.3, -0.25) is 0 Å². The Morgan fingerprint density at radius 1 is 1.36 bits per heavy atom. The standard InChI is InChI=1S/C15H26N4OS.HI/c1-3-16-14(18-10-13-17-9-12(2)21-13)19-11-15(20)7-5-4-6-8-15;/h9,20H,3-8,10-11H2,1-2H3,(H2,16,18,19);1H. The number of halogens is 1. The van der Waals surface area contributed by atoms with Crippen LogP contribution in [0.3, 0.4) is 0 Å². The molecule has 126 valence electrons. The van der Waals surface area contributed by atoms with Gasteiger partial charge in [0, 0.05) is 24.2 Å². The largest absolute Gasteiger partial charge is 0.388 e. The van der Waals surface area contributed by atoms with Gasteiger partial charge in [-0.25, -0.2) is 9.98 Å². The Kier molecular flexibility index (Phi) is 8.63. The van der Waals surface area contributed by atoms with Gasteiger partial charge in [0.05, 0.1) is 12.1 Å². The SMILES string of the molecule is CCNC(=NCc1ncc(C)s1)NCC1(O)CCCCC1.I. The monoisotopic (exact) mass is 438 g/mol. The lowest BCUT2D eigenvalue weighted by atomic mass is 9.85. The average molecular weight is 438 g/mol. The van der Waals surface area contributed by atoms with E-state index in [1.165, 1.54) is 11.3 Å². The van der Waals surface area contributed by atoms with E-state index >= 15 is 0 Å². The van der Waals surface area contributed by atoms with Gasteiger partial charge < -0.3 is 15.7 Å². The summed E-state index contributed by atoms with van der Waals surface area (Å²) < 4.78 is 0. The Hall–Kier alpha value is -0.410. The van der Waals surface area contributed by atoms with Gasteiger partial charge in [0.15, 0.2) is 5.96 Å². The molecule has 22 heavy (non-hydrogen) atoms. The Morgan fingerprint density at radius 2 is 2.09 bits per heavy atom. The number of hydrogen-bond donors (Lipinski definition) is 3. The van der Waals surface area contributed by atoms with Crippen molar-refractivity contribution < 1.29 is 5.11 Å². The third-order valence-electron chi connectivity index (χ3n) is 3.75. The summed E-state index contributed by atoms with van der Waals surface area (Å²) in [5.74, 6) is 0.754. The molecule has 1 aromatic rings. The number of thiazole rings is 1. The third kappa shape index (κ3) is 6.37. The van der Waals surface area contributed by atoms with Gasteiger partial charge in [-0.05, 0) is 26.7 Å². The van der Waals surface area contributed by atoms with Crippen LogP contribution < -0.4 is 10.6 Å². The number of aromatic nitrogens is 1. The fourth-order valence-electron chi connectivity index (χ4n) is 2.60. The highest BCUT2D eigenvalue weighted by Crippen LogP contribution is 2.27. The number of aliphatic hydroxyl groups is 1. The van der Waals surface area contributed by atoms with Crippen LogP contribution in [-0.2, 0) is 6.54 Å². The highest BCUT2D eigenvalue weighted by Gasteiger charge is 2.29. The molecular formula is C15H27IN4OS. The fraction of sp³-hybridized carbons (Fsp3) is 0.733. The van der Waals surface area contributed by atoms with Crippen LogP contribution in [0.25, 0.3) is 0 Å². The van der Waals surface area contributed by atoms with E-state index in [0.29, 0.717) is 13.1 Å². The zero-order valence-electron chi connectivity index (χ0n) is 13.4. The van der Waals surface area contributed by atoms with Crippen LogP contribution in [0.1, 0.15) is 48.9 Å². The number of nitrogens with zero attached hydrogens (tertiary/aromatic N) is 2. The zero-order valence-corrected chi connectivity index (χ0v) is 16.5. The second-order valence-corrected chi connectivity index (χ2v) is 7.02. The Labute approximate surface area is 154 Å². The van der Waals surface area contributed by atoms with E-state index in [0.717, 1.165) is 43.2 Å². The van der Waals surface area contributed by atoms with Crippen molar-refractivity contribution in [3.63, 3.8) is 0 Å². The summed E-state index contributed by atoms with van der Waals surface area (Å²) in [5.41, 5.74) is -0.577. The zero-order chi connectivity index (χ0) is 15.1. The summed E-state index contributed by atoms with van der Waals surface area (Å²) in [6.45, 7) is 6.04. The molecule has 7 heteroatoms. The van der Waals surface area contributed by atoms with E-state index in [-0.39, 0.29) is 24.0 Å². The molecule has 1 aliphatic carbocycles. The second kappa shape index (κ2) is 9.67. The predicted molar refractivity (Wildman–Crippen MR) is 103 cm³/mol. The molecule has 3 N–H and O–H groups in total. The first kappa shape index (κ1) is 19.6. The molecule has 0 saturated heterocycles. The number of rotatable bonds is 5. The normalized spacial score (nSPS) is 17.7. The Bertz CT molecular complexity index is 472. The molecule has 0 amide bonds. The Balaban J connectivity index is 0.00000242. The minimum atomic E-state index is -0.577. The summed E-state index contributed by atoms with van der Waals surface area (Å²) in [7, 11) is 0. The molecule has 0 bridgehead atoms. The van der Waals surface area contributed by atoms with E-state index in [2.05, 4.69) is 20.6 Å². The molecule has 0 unspecified atom stereocenters. The van der Waals surface area contributed by atoms with Crippen molar-refractivity contribution >= 4 is 41.3 Å². The molecular weight excluding hydrogens is 411 g/mol. The first-order chi connectivity index (χ1) is 10.1. The molecule has 1 saturated carbocycles. The molecule has 1 aromatic heterocycles. The molecule has 1 aliphatic rings. The number of aryl methyl sites for hydroxylation is 1. The maximum Gasteiger partial charge on any atom is 0.191 e. The molecule has 0 radical (unpaired) electrons. The van der Waals surface area contributed by atoms with Gasteiger partial charge in [0.25, 0.3) is 0 Å². The van der Waals surface area contributed by atoms with Crippen molar-refractivity contribution in [2.75, 3.05) is 13.1 Å². The highest BCUT2D eigenvalue weighted by molar-refractivity contribution is 14.0. The van der Waals surface area contributed by atoms with Crippen LogP contribution in [0, 0.1) is 6.92 Å². The highest BCUT2D eigenvalue weighted by atomic mass is 127. The lowest BCUT2D eigenvalue weighted by molar-refractivity contribution is 0.00859. The van der Waals surface area contributed by atoms with Crippen LogP contribution >= 0.6 is 35.3 Å². The van der Waals surface area contributed by atoms with E-state index < -0.39 is 5.60 Å². The third-order valence-corrected chi connectivity index (χ3v) is 4.65. The molecule has 0 atom stereocenters. The van der Waals surface area contributed by atoms with Crippen molar-refractivity contribution in [3.8, 4) is 0 Å². The maximum atomic E-state index is 10.5. The lowest BCUT2D eigenvalue weighted by Crippen LogP contribution is -2.48. The first-order valence-corrected chi connectivity index (χ1v) is 8.59. The summed E-state index contributed by atoms with van der Waals surface area (Å²) in [6.07, 6.45) is 7.10. The van der Waals surface area contributed by atoms with Crippen molar-refractivity contribution in [2.45, 2.75) is 58.1 Å². The number of aliphatic imine (C=N–C) groups is 1.